The molecule has 0 unspecified atom stereocenters. The highest BCUT2D eigenvalue weighted by Crippen LogP contribution is 2.30. The van der Waals surface area contributed by atoms with Crippen LogP contribution in [0.4, 0.5) is 15.8 Å². The third-order valence-corrected chi connectivity index (χ3v) is 5.37. The molecule has 3 rings (SSSR count). The minimum atomic E-state index is -0.833. The van der Waals surface area contributed by atoms with Crippen LogP contribution in [0, 0.1) is 5.82 Å². The Morgan fingerprint density at radius 2 is 1.97 bits per heavy atom. The molecule has 2 aromatic rings. The summed E-state index contributed by atoms with van der Waals surface area (Å²) in [5, 5.41) is 4.97. The van der Waals surface area contributed by atoms with Gasteiger partial charge < -0.3 is 20.4 Å². The number of benzene rings is 2. The van der Waals surface area contributed by atoms with E-state index in [-0.39, 0.29) is 23.3 Å². The summed E-state index contributed by atoms with van der Waals surface area (Å²) in [5.41, 5.74) is 3.85. The van der Waals surface area contributed by atoms with Crippen molar-refractivity contribution < 1.29 is 14.0 Å². The Balaban J connectivity index is 1.63. The van der Waals surface area contributed by atoms with Gasteiger partial charge in [0, 0.05) is 31.5 Å². The number of amides is 2. The molecule has 29 heavy (non-hydrogen) atoms. The number of carbonyl (C=O) groups is 2. The highest BCUT2D eigenvalue weighted by atomic mass is 35.5. The standard InChI is InChI=1S/C21H24ClFN4O2/c1-26(2)19(13-4-7-18-14(10-13)8-9-27(18)3)12-24-20(28)21(29)25-15-5-6-17(23)16(22)11-15/h4-7,10-11,19H,8-9,12H2,1-3H3,(H,24,28)(H,25,29)/t19-/m0/s1. The van der Waals surface area contributed by atoms with Crippen LogP contribution < -0.4 is 15.5 Å². The first-order valence-corrected chi connectivity index (χ1v) is 9.68. The van der Waals surface area contributed by atoms with Crippen LogP contribution in [-0.2, 0) is 16.0 Å². The van der Waals surface area contributed by atoms with Crippen molar-refractivity contribution in [3.05, 3.63) is 58.4 Å². The van der Waals surface area contributed by atoms with Crippen molar-refractivity contribution in [1.82, 2.24) is 10.2 Å². The smallest absolute Gasteiger partial charge is 0.313 e. The third-order valence-electron chi connectivity index (χ3n) is 5.08. The lowest BCUT2D eigenvalue weighted by molar-refractivity contribution is -0.136. The molecular weight excluding hydrogens is 395 g/mol. The molecular formula is C21H24ClFN4O2. The summed E-state index contributed by atoms with van der Waals surface area (Å²) in [6.07, 6.45) is 0.995. The molecule has 0 radical (unpaired) electrons. The molecule has 0 saturated carbocycles. The second-order valence-electron chi connectivity index (χ2n) is 7.33. The molecule has 2 amide bonds. The first-order chi connectivity index (χ1) is 13.8. The SMILES string of the molecule is CN1CCc2cc([C@H](CNC(=O)C(=O)Nc3ccc(F)c(Cl)c3)N(C)C)ccc21. The van der Waals surface area contributed by atoms with Gasteiger partial charge in [0.05, 0.1) is 11.1 Å². The molecule has 0 saturated heterocycles. The molecule has 8 heteroatoms. The fourth-order valence-corrected chi connectivity index (χ4v) is 3.60. The number of fused-ring (bicyclic) bond motifs is 1. The second-order valence-corrected chi connectivity index (χ2v) is 7.74. The van der Waals surface area contributed by atoms with Crippen LogP contribution in [0.5, 0.6) is 0 Å². The van der Waals surface area contributed by atoms with Gasteiger partial charge in [-0.2, -0.15) is 0 Å². The molecule has 1 aliphatic heterocycles. The van der Waals surface area contributed by atoms with Crippen LogP contribution in [0.2, 0.25) is 5.02 Å². The molecule has 154 valence electrons. The summed E-state index contributed by atoms with van der Waals surface area (Å²) < 4.78 is 13.2. The van der Waals surface area contributed by atoms with Crippen LogP contribution in [0.1, 0.15) is 17.2 Å². The highest BCUT2D eigenvalue weighted by molar-refractivity contribution is 6.39. The van der Waals surface area contributed by atoms with Crippen molar-refractivity contribution in [2.24, 2.45) is 0 Å². The number of rotatable bonds is 5. The fraction of sp³-hybridized carbons (Fsp3) is 0.333. The molecule has 2 N–H and O–H groups in total. The van der Waals surface area contributed by atoms with Gasteiger partial charge in [-0.1, -0.05) is 23.7 Å². The van der Waals surface area contributed by atoms with Crippen LogP contribution >= 0.6 is 11.6 Å². The van der Waals surface area contributed by atoms with Gasteiger partial charge in [0.1, 0.15) is 5.82 Å². The number of halogens is 2. The number of hydrogen-bond acceptors (Lipinski definition) is 4. The summed E-state index contributed by atoms with van der Waals surface area (Å²) >= 11 is 5.70. The predicted molar refractivity (Wildman–Crippen MR) is 113 cm³/mol. The lowest BCUT2D eigenvalue weighted by Gasteiger charge is -2.26. The van der Waals surface area contributed by atoms with E-state index in [4.69, 9.17) is 11.6 Å². The van der Waals surface area contributed by atoms with Gasteiger partial charge in [0.25, 0.3) is 0 Å². The Morgan fingerprint density at radius 3 is 2.66 bits per heavy atom. The van der Waals surface area contributed by atoms with Crippen molar-refractivity contribution in [1.29, 1.82) is 0 Å². The Morgan fingerprint density at radius 1 is 1.21 bits per heavy atom. The topological polar surface area (TPSA) is 64.7 Å². The van der Waals surface area contributed by atoms with Gasteiger partial charge in [0.15, 0.2) is 0 Å². The monoisotopic (exact) mass is 418 g/mol. The van der Waals surface area contributed by atoms with Gasteiger partial charge in [-0.25, -0.2) is 4.39 Å². The van der Waals surface area contributed by atoms with E-state index in [0.29, 0.717) is 0 Å². The van der Waals surface area contributed by atoms with Crippen molar-refractivity contribution in [3.63, 3.8) is 0 Å². The molecule has 1 aliphatic rings. The summed E-state index contributed by atoms with van der Waals surface area (Å²) in [6.45, 7) is 1.27. The van der Waals surface area contributed by atoms with Crippen molar-refractivity contribution in [2.45, 2.75) is 12.5 Å². The average Bonchev–Trinajstić information content (AvgIpc) is 3.05. The van der Waals surface area contributed by atoms with Crippen LogP contribution in [0.25, 0.3) is 0 Å². The number of nitrogens with one attached hydrogen (secondary N) is 2. The van der Waals surface area contributed by atoms with E-state index in [2.05, 4.69) is 40.8 Å². The maximum Gasteiger partial charge on any atom is 0.313 e. The Hall–Kier alpha value is -2.64. The molecule has 0 aliphatic carbocycles. The van der Waals surface area contributed by atoms with E-state index >= 15 is 0 Å². The van der Waals surface area contributed by atoms with E-state index in [0.717, 1.165) is 24.6 Å². The number of carbonyl (C=O) groups excluding carboxylic acids is 2. The molecule has 6 nitrogen and oxygen atoms in total. The van der Waals surface area contributed by atoms with Crippen LogP contribution in [0.15, 0.2) is 36.4 Å². The van der Waals surface area contributed by atoms with E-state index in [9.17, 15) is 14.0 Å². The summed E-state index contributed by atoms with van der Waals surface area (Å²) in [4.78, 5) is 28.6. The van der Waals surface area contributed by atoms with Crippen molar-refractivity contribution >= 4 is 34.8 Å². The molecule has 0 spiro atoms. The zero-order valence-electron chi connectivity index (χ0n) is 16.6. The van der Waals surface area contributed by atoms with Crippen LogP contribution in [-0.4, -0.2) is 50.9 Å². The maximum absolute atomic E-state index is 13.2. The van der Waals surface area contributed by atoms with E-state index in [1.807, 2.05) is 19.0 Å². The second kappa shape index (κ2) is 8.80. The summed E-state index contributed by atoms with van der Waals surface area (Å²) in [6, 6.07) is 9.96. The van der Waals surface area contributed by atoms with E-state index < -0.39 is 17.6 Å². The van der Waals surface area contributed by atoms with Crippen LogP contribution in [0.3, 0.4) is 0 Å². The first-order valence-electron chi connectivity index (χ1n) is 9.31. The van der Waals surface area contributed by atoms with Crippen molar-refractivity contribution in [3.8, 4) is 0 Å². The van der Waals surface area contributed by atoms with Gasteiger partial charge in [0.2, 0.25) is 0 Å². The summed E-state index contributed by atoms with van der Waals surface area (Å²) in [5.74, 6) is -2.19. The maximum atomic E-state index is 13.2. The van der Waals surface area contributed by atoms with E-state index in [1.165, 1.54) is 23.4 Å². The highest BCUT2D eigenvalue weighted by Gasteiger charge is 2.22. The lowest BCUT2D eigenvalue weighted by atomic mass is 10.0. The Bertz CT molecular complexity index is 935. The fourth-order valence-electron chi connectivity index (χ4n) is 3.42. The zero-order chi connectivity index (χ0) is 21.1. The van der Waals surface area contributed by atoms with Gasteiger partial charge >= 0.3 is 11.8 Å². The minimum absolute atomic E-state index is 0.0804. The minimum Gasteiger partial charge on any atom is -0.374 e. The molecule has 0 aromatic heterocycles. The molecule has 0 fully saturated rings. The lowest BCUT2D eigenvalue weighted by Crippen LogP contribution is -2.40. The molecule has 0 bridgehead atoms. The molecule has 2 aromatic carbocycles. The van der Waals surface area contributed by atoms with Gasteiger partial charge in [-0.15, -0.1) is 0 Å². The number of hydrogen-bond donors (Lipinski definition) is 2. The number of likely N-dealkylation sites (N-methyl/N-ethyl adjacent to an activating group) is 2. The van der Waals surface area contributed by atoms with E-state index in [1.54, 1.807) is 0 Å². The molecule has 1 heterocycles. The van der Waals surface area contributed by atoms with Gasteiger partial charge in [-0.05, 0) is 55.9 Å². The first kappa shape index (κ1) is 21.1. The van der Waals surface area contributed by atoms with Gasteiger partial charge in [-0.3, -0.25) is 9.59 Å². The zero-order valence-corrected chi connectivity index (χ0v) is 17.4. The third kappa shape index (κ3) is 4.86. The normalized spacial score (nSPS) is 13.9. The number of anilines is 2. The van der Waals surface area contributed by atoms with Crippen molar-refractivity contribution in [2.75, 3.05) is 44.4 Å². The largest absolute Gasteiger partial charge is 0.374 e. The quantitative estimate of drug-likeness (QED) is 0.733. The Kier molecular flexibility index (Phi) is 6.39. The predicted octanol–water partition coefficient (Wildman–Crippen LogP) is 2.83. The Labute approximate surface area is 174 Å². The number of nitrogens with zero attached hydrogens (tertiary/aromatic N) is 2. The summed E-state index contributed by atoms with van der Waals surface area (Å²) in [7, 11) is 5.93. The molecule has 1 atom stereocenters. The average molecular weight is 419 g/mol.